The Morgan fingerprint density at radius 2 is 2.15 bits per heavy atom. The Balaban J connectivity index is 3.10. The third-order valence-electron chi connectivity index (χ3n) is 1.56. The maximum atomic E-state index is 12.2. The zero-order valence-electron chi connectivity index (χ0n) is 6.64. The molecule has 2 nitrogen and oxygen atoms in total. The van der Waals surface area contributed by atoms with E-state index in [4.69, 9.17) is 5.73 Å². The van der Waals surface area contributed by atoms with Crippen molar-refractivity contribution in [2.45, 2.75) is 12.2 Å². The number of furan rings is 1. The van der Waals surface area contributed by atoms with E-state index in [1.54, 1.807) is 0 Å². The van der Waals surface area contributed by atoms with E-state index in [0.717, 1.165) is 12.3 Å². The maximum Gasteiger partial charge on any atom is 0.419 e. The van der Waals surface area contributed by atoms with Crippen molar-refractivity contribution in [1.82, 2.24) is 0 Å². The first-order valence-electron chi connectivity index (χ1n) is 3.49. The summed E-state index contributed by atoms with van der Waals surface area (Å²) in [6.07, 6.45) is -2.28. The second kappa shape index (κ2) is 3.26. The average Bonchev–Trinajstić information content (AvgIpc) is 2.49. The predicted octanol–water partition coefficient (Wildman–Crippen LogP) is 2.48. The lowest BCUT2D eigenvalue weighted by Gasteiger charge is -2.08. The van der Waals surface area contributed by atoms with Crippen LogP contribution in [0.4, 0.5) is 13.2 Å². The minimum absolute atomic E-state index is 0.303. The fourth-order valence-electron chi connectivity index (χ4n) is 0.920. The molecule has 0 radical (unpaired) electrons. The van der Waals surface area contributed by atoms with Crippen LogP contribution < -0.4 is 5.73 Å². The highest BCUT2D eigenvalue weighted by molar-refractivity contribution is 5.25. The quantitative estimate of drug-likeness (QED) is 0.729. The molecule has 0 aromatic carbocycles. The van der Waals surface area contributed by atoms with Crippen LogP contribution in [0.2, 0.25) is 0 Å². The minimum Gasteiger partial charge on any atom is -0.467 e. The highest BCUT2D eigenvalue weighted by Gasteiger charge is 2.36. The Morgan fingerprint density at radius 1 is 1.54 bits per heavy atom. The van der Waals surface area contributed by atoms with Crippen LogP contribution in [0.15, 0.2) is 29.4 Å². The summed E-state index contributed by atoms with van der Waals surface area (Å²) in [5, 5.41) is 0. The van der Waals surface area contributed by atoms with E-state index in [1.807, 2.05) is 0 Å². The number of rotatable bonds is 2. The van der Waals surface area contributed by atoms with Crippen LogP contribution in [0.5, 0.6) is 0 Å². The molecule has 0 saturated heterocycles. The molecule has 72 valence electrons. The second-order valence-corrected chi connectivity index (χ2v) is 2.46. The smallest absolute Gasteiger partial charge is 0.419 e. The molecule has 0 aliphatic heterocycles. The van der Waals surface area contributed by atoms with Crippen molar-refractivity contribution in [2.75, 3.05) is 0 Å². The van der Waals surface area contributed by atoms with Gasteiger partial charge in [-0.2, -0.15) is 13.2 Å². The van der Waals surface area contributed by atoms with Gasteiger partial charge < -0.3 is 10.2 Å². The van der Waals surface area contributed by atoms with Crippen molar-refractivity contribution >= 4 is 0 Å². The van der Waals surface area contributed by atoms with E-state index >= 15 is 0 Å². The Hall–Kier alpha value is -1.23. The van der Waals surface area contributed by atoms with Crippen LogP contribution in [0.3, 0.4) is 0 Å². The Kier molecular flexibility index (Phi) is 2.47. The van der Waals surface area contributed by atoms with E-state index in [-0.39, 0.29) is 5.76 Å². The van der Waals surface area contributed by atoms with Gasteiger partial charge in [-0.1, -0.05) is 6.08 Å². The topological polar surface area (TPSA) is 39.2 Å². The number of halogens is 3. The molecule has 5 heteroatoms. The fraction of sp³-hybridized carbons (Fsp3) is 0.250. The van der Waals surface area contributed by atoms with Crippen molar-refractivity contribution in [1.29, 1.82) is 0 Å². The van der Waals surface area contributed by atoms with Gasteiger partial charge in [-0.15, -0.1) is 6.58 Å². The molecule has 1 heterocycles. The summed E-state index contributed by atoms with van der Waals surface area (Å²) in [6, 6.07) is -0.0785. The summed E-state index contributed by atoms with van der Waals surface area (Å²) in [5.41, 5.74) is 4.48. The second-order valence-electron chi connectivity index (χ2n) is 2.46. The Morgan fingerprint density at radius 3 is 2.62 bits per heavy atom. The van der Waals surface area contributed by atoms with E-state index in [0.29, 0.717) is 0 Å². The van der Waals surface area contributed by atoms with Gasteiger partial charge in [-0.3, -0.25) is 0 Å². The SMILES string of the molecule is C=C[C@@H](N)c1occc1C(F)(F)F. The molecule has 1 aromatic heterocycles. The monoisotopic (exact) mass is 191 g/mol. The summed E-state index contributed by atoms with van der Waals surface area (Å²) in [6.45, 7) is 3.29. The highest BCUT2D eigenvalue weighted by Crippen LogP contribution is 2.34. The largest absolute Gasteiger partial charge is 0.467 e. The Bertz CT molecular complexity index is 303. The lowest BCUT2D eigenvalue weighted by molar-refractivity contribution is -0.138. The molecular formula is C8H8F3NO. The van der Waals surface area contributed by atoms with Gasteiger partial charge in [-0.05, 0) is 6.07 Å². The lowest BCUT2D eigenvalue weighted by Crippen LogP contribution is -2.13. The molecule has 0 saturated carbocycles. The third-order valence-corrected chi connectivity index (χ3v) is 1.56. The van der Waals surface area contributed by atoms with E-state index in [9.17, 15) is 13.2 Å². The van der Waals surface area contributed by atoms with Gasteiger partial charge in [0.15, 0.2) is 0 Å². The van der Waals surface area contributed by atoms with Gasteiger partial charge in [0.1, 0.15) is 5.76 Å². The van der Waals surface area contributed by atoms with Crippen LogP contribution in [-0.2, 0) is 6.18 Å². The van der Waals surface area contributed by atoms with Crippen LogP contribution in [-0.4, -0.2) is 0 Å². The molecule has 0 aliphatic rings. The summed E-state index contributed by atoms with van der Waals surface area (Å²) in [4.78, 5) is 0. The molecule has 0 bridgehead atoms. The normalized spacial score (nSPS) is 14.2. The molecule has 2 N–H and O–H groups in total. The summed E-state index contributed by atoms with van der Waals surface area (Å²) in [5.74, 6) is -0.303. The van der Waals surface area contributed by atoms with Crippen molar-refractivity contribution in [3.63, 3.8) is 0 Å². The standard InChI is InChI=1S/C8H8F3NO/c1-2-6(12)7-5(3-4-13-7)8(9,10)11/h2-4,6H,1,12H2/t6-/m1/s1. The first-order chi connectivity index (χ1) is 5.96. The van der Waals surface area contributed by atoms with E-state index < -0.39 is 17.8 Å². The van der Waals surface area contributed by atoms with Crippen LogP contribution in [0.25, 0.3) is 0 Å². The maximum absolute atomic E-state index is 12.2. The highest BCUT2D eigenvalue weighted by atomic mass is 19.4. The minimum atomic E-state index is -4.43. The first kappa shape index (κ1) is 9.85. The fourth-order valence-corrected chi connectivity index (χ4v) is 0.920. The molecule has 0 fully saturated rings. The average molecular weight is 191 g/mol. The number of alkyl halides is 3. The van der Waals surface area contributed by atoms with Crippen molar-refractivity contribution in [2.24, 2.45) is 5.73 Å². The third kappa shape index (κ3) is 1.92. The van der Waals surface area contributed by atoms with Crippen molar-refractivity contribution in [3.8, 4) is 0 Å². The van der Waals surface area contributed by atoms with Crippen molar-refractivity contribution < 1.29 is 17.6 Å². The molecule has 1 aromatic rings. The van der Waals surface area contributed by atoms with Crippen LogP contribution >= 0.6 is 0 Å². The van der Waals surface area contributed by atoms with Crippen molar-refractivity contribution in [3.05, 3.63) is 36.3 Å². The van der Waals surface area contributed by atoms with Gasteiger partial charge >= 0.3 is 6.18 Å². The number of nitrogens with two attached hydrogens (primary N) is 1. The number of hydrogen-bond donors (Lipinski definition) is 1. The van der Waals surface area contributed by atoms with Gasteiger partial charge in [0.25, 0.3) is 0 Å². The van der Waals surface area contributed by atoms with Crippen LogP contribution in [0, 0.1) is 0 Å². The van der Waals surface area contributed by atoms with E-state index in [2.05, 4.69) is 11.0 Å². The summed E-state index contributed by atoms with van der Waals surface area (Å²) >= 11 is 0. The van der Waals surface area contributed by atoms with Crippen LogP contribution in [0.1, 0.15) is 17.4 Å². The molecule has 0 aliphatic carbocycles. The molecule has 1 atom stereocenters. The lowest BCUT2D eigenvalue weighted by atomic mass is 10.1. The predicted molar refractivity (Wildman–Crippen MR) is 40.8 cm³/mol. The molecule has 13 heavy (non-hydrogen) atoms. The van der Waals surface area contributed by atoms with Gasteiger partial charge in [0, 0.05) is 0 Å². The summed E-state index contributed by atoms with van der Waals surface area (Å²) < 4.78 is 41.3. The Labute approximate surface area is 72.8 Å². The van der Waals surface area contributed by atoms with Gasteiger partial charge in [0.05, 0.1) is 17.9 Å². The molecule has 0 unspecified atom stereocenters. The zero-order chi connectivity index (χ0) is 10.1. The first-order valence-corrected chi connectivity index (χ1v) is 3.49. The molecule has 0 amide bonds. The van der Waals surface area contributed by atoms with Gasteiger partial charge in [-0.25, -0.2) is 0 Å². The molecule has 0 spiro atoms. The summed E-state index contributed by atoms with van der Waals surface area (Å²) in [7, 11) is 0. The zero-order valence-corrected chi connectivity index (χ0v) is 6.64. The number of hydrogen-bond acceptors (Lipinski definition) is 2. The molecule has 1 rings (SSSR count). The molecular weight excluding hydrogens is 183 g/mol. The van der Waals surface area contributed by atoms with E-state index in [1.165, 1.54) is 6.08 Å². The van der Waals surface area contributed by atoms with Gasteiger partial charge in [0.2, 0.25) is 0 Å².